The van der Waals surface area contributed by atoms with Crippen molar-refractivity contribution in [2.24, 2.45) is 5.10 Å². The molecule has 0 saturated carbocycles. The van der Waals surface area contributed by atoms with Crippen LogP contribution < -0.4 is 25.2 Å². The van der Waals surface area contributed by atoms with E-state index in [2.05, 4.69) is 19.2 Å². The zero-order chi connectivity index (χ0) is 33.0. The number of hydrogen-bond acceptors (Lipinski definition) is 7. The number of aromatic nitrogens is 2. The number of hydrogen-bond donors (Lipinski definition) is 1. The van der Waals surface area contributed by atoms with Crippen LogP contribution in [0.15, 0.2) is 88.8 Å². The number of aryl methyl sites for hydroxylation is 2. The second kappa shape index (κ2) is 13.7. The zero-order valence-electron chi connectivity index (χ0n) is 27.3. The summed E-state index contributed by atoms with van der Waals surface area (Å²) in [4.78, 5) is 33.5. The quantitative estimate of drug-likeness (QED) is 0.174. The Balaban J connectivity index is 1.56. The van der Waals surface area contributed by atoms with E-state index in [9.17, 15) is 9.59 Å². The summed E-state index contributed by atoms with van der Waals surface area (Å²) in [6.07, 6.45) is 1.57. The smallest absolute Gasteiger partial charge is 0.282 e. The molecular weight excluding hydrogens is 578 g/mol. The second-order valence-corrected chi connectivity index (χ2v) is 11.7. The van der Waals surface area contributed by atoms with Crippen LogP contribution in [-0.4, -0.2) is 49.6 Å². The van der Waals surface area contributed by atoms with E-state index < -0.39 is 0 Å². The number of nitrogens with one attached hydrogen (secondary N) is 1. The van der Waals surface area contributed by atoms with Crippen LogP contribution in [-0.2, 0) is 4.79 Å². The lowest BCUT2D eigenvalue weighted by Crippen LogP contribution is -2.21. The summed E-state index contributed by atoms with van der Waals surface area (Å²) in [6, 6.07) is 24.4. The molecule has 0 saturated heterocycles. The number of anilines is 2. The van der Waals surface area contributed by atoms with Crippen LogP contribution in [0.3, 0.4) is 0 Å². The standard InChI is InChI=1S/C37H39N5O4/c1-23(2)30-20-31(25(4)18-34(30)45-7)36-40-32-11-9-8-10-29(32)37(44)42(36)38-21-26-14-17-28(41(5)6)19-33(26)46-22-35(43)39-27-15-12-24(3)13-16-27/h8-21,23H,22H2,1-7H3,(H,39,43). The first kappa shape index (κ1) is 32.0. The number of para-hydroxylation sites is 1. The molecule has 0 radical (unpaired) electrons. The van der Waals surface area contributed by atoms with Crippen LogP contribution in [0.2, 0.25) is 0 Å². The summed E-state index contributed by atoms with van der Waals surface area (Å²) in [6.45, 7) is 7.93. The fraction of sp³-hybridized carbons (Fsp3) is 0.243. The van der Waals surface area contributed by atoms with E-state index in [1.54, 1.807) is 19.4 Å². The van der Waals surface area contributed by atoms with Gasteiger partial charge in [0.05, 0.1) is 24.2 Å². The maximum Gasteiger partial charge on any atom is 0.282 e. The number of benzene rings is 4. The van der Waals surface area contributed by atoms with Gasteiger partial charge in [-0.25, -0.2) is 4.98 Å². The third kappa shape index (κ3) is 6.94. The number of methoxy groups -OCH3 is 1. The normalized spacial score (nSPS) is 11.3. The third-order valence-electron chi connectivity index (χ3n) is 7.71. The number of amides is 1. The summed E-state index contributed by atoms with van der Waals surface area (Å²) in [5.74, 6) is 1.52. The highest BCUT2D eigenvalue weighted by atomic mass is 16.5. The molecule has 9 heteroatoms. The predicted octanol–water partition coefficient (Wildman–Crippen LogP) is 6.78. The van der Waals surface area contributed by atoms with Crippen molar-refractivity contribution in [3.8, 4) is 22.9 Å². The highest BCUT2D eigenvalue weighted by molar-refractivity contribution is 5.92. The molecule has 1 heterocycles. The Kier molecular flexibility index (Phi) is 9.51. The Morgan fingerprint density at radius 3 is 2.43 bits per heavy atom. The van der Waals surface area contributed by atoms with E-state index in [-0.39, 0.29) is 24.0 Å². The molecule has 0 bridgehead atoms. The van der Waals surface area contributed by atoms with Gasteiger partial charge in [0.15, 0.2) is 12.4 Å². The molecule has 5 rings (SSSR count). The Labute approximate surface area is 269 Å². The van der Waals surface area contributed by atoms with Crippen LogP contribution in [0.1, 0.15) is 42.0 Å². The first-order valence-corrected chi connectivity index (χ1v) is 15.1. The molecule has 236 valence electrons. The van der Waals surface area contributed by atoms with Gasteiger partial charge in [-0.15, -0.1) is 0 Å². The van der Waals surface area contributed by atoms with Gasteiger partial charge in [0, 0.05) is 42.7 Å². The average molecular weight is 618 g/mol. The Morgan fingerprint density at radius 2 is 1.74 bits per heavy atom. The van der Waals surface area contributed by atoms with Crippen molar-refractivity contribution in [1.29, 1.82) is 0 Å². The fourth-order valence-electron chi connectivity index (χ4n) is 5.10. The maximum absolute atomic E-state index is 13.9. The molecule has 1 amide bonds. The van der Waals surface area contributed by atoms with E-state index in [1.165, 1.54) is 4.68 Å². The molecule has 5 aromatic rings. The molecule has 1 N–H and O–H groups in total. The number of carbonyl (C=O) groups excluding carboxylic acids is 1. The minimum absolute atomic E-state index is 0.177. The molecule has 4 aromatic carbocycles. The van der Waals surface area contributed by atoms with Crippen LogP contribution in [0.5, 0.6) is 11.5 Å². The molecule has 0 atom stereocenters. The van der Waals surface area contributed by atoms with Gasteiger partial charge in [-0.05, 0) is 79.4 Å². The molecule has 0 aliphatic heterocycles. The van der Waals surface area contributed by atoms with Gasteiger partial charge in [0.1, 0.15) is 11.5 Å². The average Bonchev–Trinajstić information content (AvgIpc) is 3.04. The van der Waals surface area contributed by atoms with Gasteiger partial charge < -0.3 is 19.7 Å². The van der Waals surface area contributed by atoms with Gasteiger partial charge in [-0.2, -0.15) is 9.78 Å². The highest BCUT2D eigenvalue weighted by Crippen LogP contribution is 2.34. The Hall–Kier alpha value is -5.44. The summed E-state index contributed by atoms with van der Waals surface area (Å²) < 4.78 is 13.0. The third-order valence-corrected chi connectivity index (χ3v) is 7.71. The van der Waals surface area contributed by atoms with Gasteiger partial charge in [-0.3, -0.25) is 9.59 Å². The van der Waals surface area contributed by atoms with Crippen LogP contribution in [0, 0.1) is 13.8 Å². The Morgan fingerprint density at radius 1 is 1.00 bits per heavy atom. The van der Waals surface area contributed by atoms with Crippen LogP contribution in [0.25, 0.3) is 22.3 Å². The highest BCUT2D eigenvalue weighted by Gasteiger charge is 2.19. The van der Waals surface area contributed by atoms with Gasteiger partial charge in [0.2, 0.25) is 0 Å². The van der Waals surface area contributed by atoms with E-state index >= 15 is 0 Å². The summed E-state index contributed by atoms with van der Waals surface area (Å²) in [5.41, 5.74) is 6.21. The first-order valence-electron chi connectivity index (χ1n) is 15.1. The SMILES string of the molecule is COc1cc(C)c(-c2nc3ccccc3c(=O)n2N=Cc2ccc(N(C)C)cc2OCC(=O)Nc2ccc(C)cc2)cc1C(C)C. The van der Waals surface area contributed by atoms with E-state index in [0.29, 0.717) is 33.7 Å². The van der Waals surface area contributed by atoms with Gasteiger partial charge in [0.25, 0.3) is 11.5 Å². The fourth-order valence-corrected chi connectivity index (χ4v) is 5.10. The minimum Gasteiger partial charge on any atom is -0.496 e. The molecule has 0 fully saturated rings. The van der Waals surface area contributed by atoms with Crippen LogP contribution in [0.4, 0.5) is 11.4 Å². The van der Waals surface area contributed by atoms with E-state index in [0.717, 1.165) is 33.7 Å². The monoisotopic (exact) mass is 617 g/mol. The largest absolute Gasteiger partial charge is 0.496 e. The van der Waals surface area contributed by atoms with Crippen molar-refractivity contribution in [1.82, 2.24) is 9.66 Å². The van der Waals surface area contributed by atoms with Crippen molar-refractivity contribution < 1.29 is 14.3 Å². The second-order valence-electron chi connectivity index (χ2n) is 11.7. The molecule has 46 heavy (non-hydrogen) atoms. The van der Waals surface area contributed by atoms with Crippen molar-refractivity contribution >= 4 is 34.4 Å². The lowest BCUT2D eigenvalue weighted by atomic mass is 9.96. The number of carbonyl (C=O) groups is 1. The molecule has 9 nitrogen and oxygen atoms in total. The maximum atomic E-state index is 13.9. The number of nitrogens with zero attached hydrogens (tertiary/aromatic N) is 4. The van der Waals surface area contributed by atoms with E-state index in [4.69, 9.17) is 19.6 Å². The Bertz CT molecular complexity index is 1980. The van der Waals surface area contributed by atoms with E-state index in [1.807, 2.05) is 106 Å². The lowest BCUT2D eigenvalue weighted by Gasteiger charge is -2.18. The molecule has 0 unspecified atom stereocenters. The van der Waals surface area contributed by atoms with Gasteiger partial charge in [-0.1, -0.05) is 43.7 Å². The number of ether oxygens (including phenoxy) is 2. The molecule has 0 aliphatic rings. The minimum atomic E-state index is -0.303. The van der Waals surface area contributed by atoms with Crippen molar-refractivity contribution in [2.75, 3.05) is 38.0 Å². The number of fused-ring (bicyclic) bond motifs is 1. The van der Waals surface area contributed by atoms with Crippen molar-refractivity contribution in [2.45, 2.75) is 33.6 Å². The summed E-state index contributed by atoms with van der Waals surface area (Å²) in [5, 5.41) is 8.00. The summed E-state index contributed by atoms with van der Waals surface area (Å²) in [7, 11) is 5.50. The van der Waals surface area contributed by atoms with Gasteiger partial charge >= 0.3 is 0 Å². The molecule has 0 spiro atoms. The topological polar surface area (TPSA) is 98.1 Å². The molecule has 0 aliphatic carbocycles. The van der Waals surface area contributed by atoms with Crippen molar-refractivity contribution in [3.05, 3.63) is 111 Å². The van der Waals surface area contributed by atoms with Crippen LogP contribution >= 0.6 is 0 Å². The first-order chi connectivity index (χ1) is 22.0. The number of rotatable bonds is 10. The lowest BCUT2D eigenvalue weighted by molar-refractivity contribution is -0.118. The van der Waals surface area contributed by atoms with Crippen molar-refractivity contribution in [3.63, 3.8) is 0 Å². The summed E-state index contributed by atoms with van der Waals surface area (Å²) >= 11 is 0. The molecular formula is C37H39N5O4. The predicted molar refractivity (Wildman–Crippen MR) is 186 cm³/mol. The molecule has 1 aromatic heterocycles. The zero-order valence-corrected chi connectivity index (χ0v) is 27.3.